The number of tetrazole rings is 1. The molecule has 0 spiro atoms. The molecule has 0 aromatic carbocycles. The number of nitrogens with zero attached hydrogens (tertiary/aromatic N) is 5. The minimum Gasteiger partial charge on any atom is -0.340 e. The molecule has 0 unspecified atom stereocenters. The molecule has 1 aliphatic rings. The maximum atomic E-state index is 11.7. The summed E-state index contributed by atoms with van der Waals surface area (Å²) < 4.78 is 1.37. The largest absolute Gasteiger partial charge is 0.340 e. The summed E-state index contributed by atoms with van der Waals surface area (Å²) in [5.74, 6) is 0.177. The number of rotatable bonds is 2. The van der Waals surface area contributed by atoms with Gasteiger partial charge in [0.05, 0.1) is 0 Å². The molecule has 80 valence electrons. The van der Waals surface area contributed by atoms with Gasteiger partial charge in [-0.15, -0.1) is 5.10 Å². The van der Waals surface area contributed by atoms with Crippen LogP contribution in [0.3, 0.4) is 0 Å². The van der Waals surface area contributed by atoms with Crippen LogP contribution >= 0.6 is 0 Å². The lowest BCUT2D eigenvalue weighted by Gasteiger charge is -2.25. The summed E-state index contributed by atoms with van der Waals surface area (Å²) in [6.45, 7) is 1.17. The molecular weight excluding hydrogens is 198 g/mol. The Morgan fingerprint density at radius 2 is 2.13 bits per heavy atom. The molecule has 7 nitrogen and oxygen atoms in total. The first kappa shape index (κ1) is 9.75. The topological polar surface area (TPSA) is 81.0 Å². The number of carbonyl (C=O) groups is 2. The average Bonchev–Trinajstić information content (AvgIpc) is 2.71. The van der Waals surface area contributed by atoms with E-state index in [-0.39, 0.29) is 18.2 Å². The van der Waals surface area contributed by atoms with Crippen molar-refractivity contribution in [2.45, 2.75) is 19.4 Å². The smallest absolute Gasteiger partial charge is 0.244 e. The van der Waals surface area contributed by atoms with Crippen molar-refractivity contribution >= 4 is 11.7 Å². The molecule has 1 saturated heterocycles. The third-order valence-electron chi connectivity index (χ3n) is 2.36. The number of piperidine rings is 1. The predicted octanol–water partition coefficient (Wildman–Crippen LogP) is -1.14. The van der Waals surface area contributed by atoms with E-state index < -0.39 is 0 Å². The van der Waals surface area contributed by atoms with E-state index in [1.165, 1.54) is 11.0 Å². The summed E-state index contributed by atoms with van der Waals surface area (Å²) in [7, 11) is 0. The third-order valence-corrected chi connectivity index (χ3v) is 2.36. The molecule has 2 heterocycles. The third kappa shape index (κ3) is 2.36. The number of Topliss-reactive ketones (excluding diaryl/α,β-unsaturated/α-hetero) is 1. The molecule has 0 saturated carbocycles. The Balaban J connectivity index is 1.89. The lowest BCUT2D eigenvalue weighted by molar-refractivity contribution is -0.135. The first-order valence-corrected chi connectivity index (χ1v) is 4.76. The van der Waals surface area contributed by atoms with Crippen molar-refractivity contribution in [3.05, 3.63) is 6.33 Å². The van der Waals surface area contributed by atoms with Crippen LogP contribution in [0.2, 0.25) is 0 Å². The van der Waals surface area contributed by atoms with Crippen molar-refractivity contribution in [3.8, 4) is 0 Å². The number of aromatic nitrogens is 4. The van der Waals surface area contributed by atoms with Crippen LogP contribution in [-0.2, 0) is 16.1 Å². The van der Waals surface area contributed by atoms with Crippen LogP contribution in [0, 0.1) is 0 Å². The van der Waals surface area contributed by atoms with E-state index in [2.05, 4.69) is 15.5 Å². The molecular formula is C8H11N5O2. The number of likely N-dealkylation sites (tertiary alicyclic amines) is 1. The van der Waals surface area contributed by atoms with Crippen LogP contribution < -0.4 is 0 Å². The summed E-state index contributed by atoms with van der Waals surface area (Å²) >= 11 is 0. The second kappa shape index (κ2) is 4.16. The van der Waals surface area contributed by atoms with Gasteiger partial charge in [0.15, 0.2) is 0 Å². The van der Waals surface area contributed by atoms with Crippen LogP contribution in [0.1, 0.15) is 12.8 Å². The Labute approximate surface area is 86.0 Å². The zero-order valence-corrected chi connectivity index (χ0v) is 8.17. The van der Waals surface area contributed by atoms with Crippen molar-refractivity contribution in [2.75, 3.05) is 13.1 Å². The van der Waals surface area contributed by atoms with Gasteiger partial charge in [-0.1, -0.05) is 0 Å². The van der Waals surface area contributed by atoms with Crippen LogP contribution in [-0.4, -0.2) is 49.9 Å². The average molecular weight is 209 g/mol. The van der Waals surface area contributed by atoms with Gasteiger partial charge in [-0.2, -0.15) is 0 Å². The number of amides is 1. The van der Waals surface area contributed by atoms with Crippen molar-refractivity contribution in [1.82, 2.24) is 25.1 Å². The first-order chi connectivity index (χ1) is 7.25. The maximum absolute atomic E-state index is 11.7. The summed E-state index contributed by atoms with van der Waals surface area (Å²) in [5, 5.41) is 10.5. The molecule has 7 heteroatoms. The van der Waals surface area contributed by atoms with E-state index in [0.29, 0.717) is 25.9 Å². The van der Waals surface area contributed by atoms with E-state index in [9.17, 15) is 9.59 Å². The lowest BCUT2D eigenvalue weighted by atomic mass is 10.1. The summed E-state index contributed by atoms with van der Waals surface area (Å²) in [5.41, 5.74) is 0. The highest BCUT2D eigenvalue weighted by Gasteiger charge is 2.20. The fraction of sp³-hybridized carbons (Fsp3) is 0.625. The minimum absolute atomic E-state index is 0.0465. The van der Waals surface area contributed by atoms with E-state index in [0.717, 1.165) is 0 Å². The second-order valence-electron chi connectivity index (χ2n) is 3.43. The zero-order chi connectivity index (χ0) is 10.7. The first-order valence-electron chi connectivity index (χ1n) is 4.76. The fourth-order valence-corrected chi connectivity index (χ4v) is 1.50. The van der Waals surface area contributed by atoms with E-state index in [4.69, 9.17) is 0 Å². The Bertz CT molecular complexity index is 351. The molecule has 1 fully saturated rings. The zero-order valence-electron chi connectivity index (χ0n) is 8.17. The Kier molecular flexibility index (Phi) is 2.70. The molecule has 0 atom stereocenters. The molecule has 2 rings (SSSR count). The lowest BCUT2D eigenvalue weighted by Crippen LogP contribution is -2.40. The number of ketones is 1. The Morgan fingerprint density at radius 3 is 2.73 bits per heavy atom. The van der Waals surface area contributed by atoms with Crippen molar-refractivity contribution in [3.63, 3.8) is 0 Å². The molecule has 0 radical (unpaired) electrons. The molecule has 0 aliphatic carbocycles. The normalized spacial score (nSPS) is 16.8. The Hall–Kier alpha value is -1.79. The SMILES string of the molecule is O=C1CCN(C(=O)Cn2cnnn2)CC1. The van der Waals surface area contributed by atoms with Gasteiger partial charge in [0, 0.05) is 25.9 Å². The van der Waals surface area contributed by atoms with Crippen molar-refractivity contribution in [2.24, 2.45) is 0 Å². The van der Waals surface area contributed by atoms with Gasteiger partial charge in [0.2, 0.25) is 5.91 Å². The van der Waals surface area contributed by atoms with Crippen molar-refractivity contribution in [1.29, 1.82) is 0 Å². The summed E-state index contributed by atoms with van der Waals surface area (Å²) in [4.78, 5) is 24.3. The van der Waals surface area contributed by atoms with Gasteiger partial charge in [-0.25, -0.2) is 4.68 Å². The minimum atomic E-state index is -0.0465. The molecule has 0 N–H and O–H groups in total. The standard InChI is InChI=1S/C8H11N5O2/c14-7-1-3-12(4-2-7)8(15)5-13-6-9-10-11-13/h6H,1-5H2. The molecule has 1 amide bonds. The highest BCUT2D eigenvalue weighted by atomic mass is 16.2. The molecule has 15 heavy (non-hydrogen) atoms. The summed E-state index contributed by atoms with van der Waals surface area (Å²) in [6, 6.07) is 0. The van der Waals surface area contributed by atoms with Crippen molar-refractivity contribution < 1.29 is 9.59 Å². The quantitative estimate of drug-likeness (QED) is 0.615. The molecule has 1 aromatic rings. The number of hydrogen-bond acceptors (Lipinski definition) is 5. The van der Waals surface area contributed by atoms with Crippen LogP contribution in [0.5, 0.6) is 0 Å². The van der Waals surface area contributed by atoms with Gasteiger partial charge in [0.1, 0.15) is 18.7 Å². The predicted molar refractivity (Wildman–Crippen MR) is 48.6 cm³/mol. The monoisotopic (exact) mass is 209 g/mol. The highest BCUT2D eigenvalue weighted by molar-refractivity contribution is 5.83. The molecule has 1 aliphatic heterocycles. The van der Waals surface area contributed by atoms with Gasteiger partial charge in [-0.3, -0.25) is 9.59 Å². The number of carbonyl (C=O) groups excluding carboxylic acids is 2. The highest BCUT2D eigenvalue weighted by Crippen LogP contribution is 2.06. The van der Waals surface area contributed by atoms with Gasteiger partial charge < -0.3 is 4.90 Å². The van der Waals surface area contributed by atoms with Gasteiger partial charge in [-0.05, 0) is 10.4 Å². The fourth-order valence-electron chi connectivity index (χ4n) is 1.50. The Morgan fingerprint density at radius 1 is 1.40 bits per heavy atom. The van der Waals surface area contributed by atoms with Gasteiger partial charge in [0.25, 0.3) is 0 Å². The number of hydrogen-bond donors (Lipinski definition) is 0. The molecule has 0 bridgehead atoms. The van der Waals surface area contributed by atoms with E-state index in [1.807, 2.05) is 0 Å². The van der Waals surface area contributed by atoms with Crippen LogP contribution in [0.15, 0.2) is 6.33 Å². The van der Waals surface area contributed by atoms with Crippen LogP contribution in [0.4, 0.5) is 0 Å². The van der Waals surface area contributed by atoms with Gasteiger partial charge >= 0.3 is 0 Å². The van der Waals surface area contributed by atoms with E-state index in [1.54, 1.807) is 4.90 Å². The second-order valence-corrected chi connectivity index (χ2v) is 3.43. The van der Waals surface area contributed by atoms with E-state index >= 15 is 0 Å². The summed E-state index contributed by atoms with van der Waals surface area (Å²) in [6.07, 6.45) is 2.32. The molecule has 1 aromatic heterocycles. The van der Waals surface area contributed by atoms with Crippen LogP contribution in [0.25, 0.3) is 0 Å². The maximum Gasteiger partial charge on any atom is 0.244 e.